The molecule has 1 fully saturated rings. The molecule has 1 N–H and O–H groups in total. The standard InChI is InChI=1S/C10H19NO/c1-3-5-9(4-2)10-8-11-6-7-12-10/h4,9-11H,2-3,5-8H2,1H3. The summed E-state index contributed by atoms with van der Waals surface area (Å²) in [6.07, 6.45) is 4.78. The zero-order valence-electron chi connectivity index (χ0n) is 7.88. The van der Waals surface area contributed by atoms with Gasteiger partial charge in [0.2, 0.25) is 0 Å². The van der Waals surface area contributed by atoms with Crippen LogP contribution in [0.3, 0.4) is 0 Å². The highest BCUT2D eigenvalue weighted by Crippen LogP contribution is 2.16. The third-order valence-electron chi connectivity index (χ3n) is 2.36. The van der Waals surface area contributed by atoms with Crippen LogP contribution in [0, 0.1) is 5.92 Å². The molecule has 1 rings (SSSR count). The number of nitrogens with one attached hydrogen (secondary N) is 1. The molecule has 1 aliphatic rings. The smallest absolute Gasteiger partial charge is 0.0762 e. The highest BCUT2D eigenvalue weighted by Gasteiger charge is 2.20. The van der Waals surface area contributed by atoms with Crippen LogP contribution in [-0.4, -0.2) is 25.8 Å². The van der Waals surface area contributed by atoms with Crippen LogP contribution in [0.25, 0.3) is 0 Å². The van der Waals surface area contributed by atoms with Gasteiger partial charge in [0.25, 0.3) is 0 Å². The van der Waals surface area contributed by atoms with Crippen LogP contribution >= 0.6 is 0 Å². The van der Waals surface area contributed by atoms with E-state index in [1.165, 1.54) is 12.8 Å². The molecule has 1 aliphatic heterocycles. The Bertz CT molecular complexity index is 130. The Kier molecular flexibility index (Phi) is 4.33. The van der Waals surface area contributed by atoms with E-state index in [2.05, 4.69) is 18.8 Å². The molecule has 1 heterocycles. The van der Waals surface area contributed by atoms with Crippen molar-refractivity contribution in [3.05, 3.63) is 12.7 Å². The van der Waals surface area contributed by atoms with E-state index < -0.39 is 0 Å². The third-order valence-corrected chi connectivity index (χ3v) is 2.36. The molecular weight excluding hydrogens is 150 g/mol. The first-order valence-corrected chi connectivity index (χ1v) is 4.83. The maximum atomic E-state index is 5.65. The van der Waals surface area contributed by atoms with Crippen molar-refractivity contribution in [1.29, 1.82) is 0 Å². The molecule has 0 radical (unpaired) electrons. The summed E-state index contributed by atoms with van der Waals surface area (Å²) in [5.41, 5.74) is 0. The zero-order chi connectivity index (χ0) is 8.81. The van der Waals surface area contributed by atoms with Gasteiger partial charge in [-0.15, -0.1) is 6.58 Å². The fourth-order valence-electron chi connectivity index (χ4n) is 1.65. The number of rotatable bonds is 4. The van der Waals surface area contributed by atoms with E-state index >= 15 is 0 Å². The molecular formula is C10H19NO. The van der Waals surface area contributed by atoms with E-state index in [4.69, 9.17) is 4.74 Å². The van der Waals surface area contributed by atoms with Crippen LogP contribution in [0.5, 0.6) is 0 Å². The second kappa shape index (κ2) is 5.33. The van der Waals surface area contributed by atoms with Crippen molar-refractivity contribution in [2.75, 3.05) is 19.7 Å². The topological polar surface area (TPSA) is 21.3 Å². The van der Waals surface area contributed by atoms with Crippen molar-refractivity contribution in [3.63, 3.8) is 0 Å². The molecule has 0 amide bonds. The summed E-state index contributed by atoms with van der Waals surface area (Å²) in [5.74, 6) is 0.530. The molecule has 0 aliphatic carbocycles. The number of morpholine rings is 1. The molecule has 2 heteroatoms. The molecule has 2 unspecified atom stereocenters. The molecule has 0 saturated carbocycles. The first-order chi connectivity index (χ1) is 5.88. The number of hydrogen-bond donors (Lipinski definition) is 1. The van der Waals surface area contributed by atoms with E-state index in [-0.39, 0.29) is 0 Å². The van der Waals surface area contributed by atoms with Gasteiger partial charge in [-0.05, 0) is 6.42 Å². The van der Waals surface area contributed by atoms with Gasteiger partial charge in [0.1, 0.15) is 0 Å². The van der Waals surface area contributed by atoms with Crippen molar-refractivity contribution in [1.82, 2.24) is 5.32 Å². The molecule has 0 aromatic rings. The zero-order valence-corrected chi connectivity index (χ0v) is 7.88. The molecule has 12 heavy (non-hydrogen) atoms. The molecule has 1 saturated heterocycles. The molecule has 2 nitrogen and oxygen atoms in total. The molecule has 0 aromatic heterocycles. The summed E-state index contributed by atoms with van der Waals surface area (Å²) in [7, 11) is 0. The Hall–Kier alpha value is -0.340. The second-order valence-electron chi connectivity index (χ2n) is 3.30. The van der Waals surface area contributed by atoms with Gasteiger partial charge in [0.15, 0.2) is 0 Å². The average molecular weight is 169 g/mol. The second-order valence-corrected chi connectivity index (χ2v) is 3.30. The van der Waals surface area contributed by atoms with Crippen LogP contribution in [0.2, 0.25) is 0 Å². The molecule has 0 aromatic carbocycles. The minimum absolute atomic E-state index is 0.358. The van der Waals surface area contributed by atoms with Crippen LogP contribution in [0.15, 0.2) is 12.7 Å². The number of hydrogen-bond acceptors (Lipinski definition) is 2. The van der Waals surface area contributed by atoms with Crippen LogP contribution in [-0.2, 0) is 4.74 Å². The summed E-state index contributed by atoms with van der Waals surface area (Å²) in [6.45, 7) is 8.87. The van der Waals surface area contributed by atoms with Crippen LogP contribution < -0.4 is 5.32 Å². The summed E-state index contributed by atoms with van der Waals surface area (Å²) in [5, 5.41) is 3.34. The summed E-state index contributed by atoms with van der Waals surface area (Å²) < 4.78 is 5.65. The quantitative estimate of drug-likeness (QED) is 0.645. The molecule has 2 atom stereocenters. The fourth-order valence-corrected chi connectivity index (χ4v) is 1.65. The Morgan fingerprint density at radius 2 is 2.58 bits per heavy atom. The lowest BCUT2D eigenvalue weighted by atomic mass is 9.96. The normalized spacial score (nSPS) is 26.6. The van der Waals surface area contributed by atoms with Gasteiger partial charge >= 0.3 is 0 Å². The molecule has 70 valence electrons. The first-order valence-electron chi connectivity index (χ1n) is 4.83. The van der Waals surface area contributed by atoms with Gasteiger partial charge in [0.05, 0.1) is 12.7 Å². The molecule has 0 spiro atoms. The Labute approximate surface area is 75.0 Å². The van der Waals surface area contributed by atoms with Gasteiger partial charge in [-0.1, -0.05) is 19.4 Å². The van der Waals surface area contributed by atoms with Gasteiger partial charge in [0, 0.05) is 19.0 Å². The maximum absolute atomic E-state index is 5.65. The van der Waals surface area contributed by atoms with Crippen molar-refractivity contribution >= 4 is 0 Å². The first kappa shape index (κ1) is 9.75. The van der Waals surface area contributed by atoms with Gasteiger partial charge in [-0.3, -0.25) is 0 Å². The minimum atomic E-state index is 0.358. The van der Waals surface area contributed by atoms with Gasteiger partial charge < -0.3 is 10.1 Å². The summed E-state index contributed by atoms with van der Waals surface area (Å²) in [6, 6.07) is 0. The van der Waals surface area contributed by atoms with Crippen molar-refractivity contribution in [2.24, 2.45) is 5.92 Å². The Morgan fingerprint density at radius 1 is 1.75 bits per heavy atom. The van der Waals surface area contributed by atoms with E-state index in [0.29, 0.717) is 12.0 Å². The lowest BCUT2D eigenvalue weighted by Crippen LogP contribution is -2.42. The minimum Gasteiger partial charge on any atom is -0.375 e. The monoisotopic (exact) mass is 169 g/mol. The van der Waals surface area contributed by atoms with Crippen LogP contribution in [0.4, 0.5) is 0 Å². The maximum Gasteiger partial charge on any atom is 0.0762 e. The predicted molar refractivity (Wildman–Crippen MR) is 51.2 cm³/mol. The summed E-state index contributed by atoms with van der Waals surface area (Å²) in [4.78, 5) is 0. The highest BCUT2D eigenvalue weighted by molar-refractivity contribution is 4.87. The van der Waals surface area contributed by atoms with E-state index in [9.17, 15) is 0 Å². The van der Waals surface area contributed by atoms with Crippen LogP contribution in [0.1, 0.15) is 19.8 Å². The van der Waals surface area contributed by atoms with E-state index in [1.807, 2.05) is 6.08 Å². The third kappa shape index (κ3) is 2.61. The van der Waals surface area contributed by atoms with Crippen molar-refractivity contribution in [3.8, 4) is 0 Å². The average Bonchev–Trinajstić information content (AvgIpc) is 2.15. The summed E-state index contributed by atoms with van der Waals surface area (Å²) >= 11 is 0. The fraction of sp³-hybridized carbons (Fsp3) is 0.800. The lowest BCUT2D eigenvalue weighted by Gasteiger charge is -2.28. The van der Waals surface area contributed by atoms with E-state index in [0.717, 1.165) is 19.7 Å². The number of ether oxygens (including phenoxy) is 1. The molecule has 0 bridgehead atoms. The van der Waals surface area contributed by atoms with Gasteiger partial charge in [-0.25, -0.2) is 0 Å². The predicted octanol–water partition coefficient (Wildman–Crippen LogP) is 1.58. The lowest BCUT2D eigenvalue weighted by molar-refractivity contribution is 0.00120. The van der Waals surface area contributed by atoms with Crippen molar-refractivity contribution < 1.29 is 4.74 Å². The van der Waals surface area contributed by atoms with Gasteiger partial charge in [-0.2, -0.15) is 0 Å². The Balaban J connectivity index is 2.34. The van der Waals surface area contributed by atoms with Crippen molar-refractivity contribution in [2.45, 2.75) is 25.9 Å². The largest absolute Gasteiger partial charge is 0.375 e. The van der Waals surface area contributed by atoms with E-state index in [1.54, 1.807) is 0 Å². The SMILES string of the molecule is C=CC(CCC)C1CNCCO1. The highest BCUT2D eigenvalue weighted by atomic mass is 16.5. The Morgan fingerprint density at radius 3 is 3.08 bits per heavy atom.